The summed E-state index contributed by atoms with van der Waals surface area (Å²) < 4.78 is 6.39. The molecular weight excluding hydrogens is 251 g/mol. The Bertz CT molecular complexity index is 269. The van der Waals surface area contributed by atoms with Gasteiger partial charge in [-0.3, -0.25) is 0 Å². The van der Waals surface area contributed by atoms with Crippen molar-refractivity contribution in [2.45, 2.75) is 13.8 Å². The molecule has 0 atom stereocenters. The number of aryl methyl sites for hydroxylation is 1. The molecule has 0 N–H and O–H groups in total. The number of benzene rings is 1. The van der Waals surface area contributed by atoms with Gasteiger partial charge in [0.1, 0.15) is 5.75 Å². The molecule has 1 rings (SSSR count). The number of hydrogen-bond acceptors (Lipinski definition) is 1. The fourth-order valence-corrected chi connectivity index (χ4v) is 1.74. The van der Waals surface area contributed by atoms with Gasteiger partial charge in [-0.05, 0) is 53.6 Å². The molecule has 0 amide bonds. The van der Waals surface area contributed by atoms with E-state index in [1.54, 1.807) is 7.11 Å². The number of methoxy groups -OCH3 is 1. The first-order valence-electron chi connectivity index (χ1n) is 3.46. The highest BCUT2D eigenvalue weighted by Gasteiger charge is 2.03. The van der Waals surface area contributed by atoms with Crippen molar-refractivity contribution < 1.29 is 4.74 Å². The summed E-state index contributed by atoms with van der Waals surface area (Å²) in [6.07, 6.45) is 0. The molecule has 0 heterocycles. The van der Waals surface area contributed by atoms with E-state index < -0.39 is 0 Å². The van der Waals surface area contributed by atoms with Crippen molar-refractivity contribution in [1.29, 1.82) is 0 Å². The maximum Gasteiger partial charge on any atom is 0.132 e. The summed E-state index contributed by atoms with van der Waals surface area (Å²) in [5.74, 6) is 0.966. The van der Waals surface area contributed by atoms with Crippen molar-refractivity contribution in [1.82, 2.24) is 0 Å². The minimum absolute atomic E-state index is 0.966. The van der Waals surface area contributed by atoms with Gasteiger partial charge in [-0.1, -0.05) is 6.07 Å². The lowest BCUT2D eigenvalue weighted by atomic mass is 10.1. The summed E-state index contributed by atoms with van der Waals surface area (Å²) in [5.41, 5.74) is 2.63. The van der Waals surface area contributed by atoms with E-state index in [1.165, 1.54) is 14.7 Å². The zero-order valence-corrected chi connectivity index (χ0v) is 9.10. The zero-order valence-electron chi connectivity index (χ0n) is 6.94. The first-order chi connectivity index (χ1) is 5.16. The van der Waals surface area contributed by atoms with Crippen LogP contribution in [0.25, 0.3) is 0 Å². The van der Waals surface area contributed by atoms with Crippen molar-refractivity contribution in [2.75, 3.05) is 7.11 Å². The second-order valence-electron chi connectivity index (χ2n) is 2.52. The fraction of sp³-hybridized carbons (Fsp3) is 0.333. The fourth-order valence-electron chi connectivity index (χ4n) is 0.914. The molecule has 0 aliphatic heterocycles. The topological polar surface area (TPSA) is 9.23 Å². The third kappa shape index (κ3) is 1.67. The molecule has 0 saturated carbocycles. The minimum Gasteiger partial charge on any atom is -0.496 e. The first kappa shape index (κ1) is 8.84. The Balaban J connectivity index is 3.25. The predicted molar refractivity (Wildman–Crippen MR) is 55.2 cm³/mol. The highest BCUT2D eigenvalue weighted by Crippen LogP contribution is 2.25. The highest BCUT2D eigenvalue weighted by molar-refractivity contribution is 14.1. The van der Waals surface area contributed by atoms with Gasteiger partial charge in [0.2, 0.25) is 0 Å². The molecular formula is C9H11IO. The van der Waals surface area contributed by atoms with Crippen LogP contribution in [0.1, 0.15) is 11.1 Å². The summed E-state index contributed by atoms with van der Waals surface area (Å²) in [6, 6.07) is 4.08. The van der Waals surface area contributed by atoms with E-state index in [0.29, 0.717) is 0 Å². The van der Waals surface area contributed by atoms with Gasteiger partial charge in [0.25, 0.3) is 0 Å². The van der Waals surface area contributed by atoms with Crippen molar-refractivity contribution in [2.24, 2.45) is 0 Å². The van der Waals surface area contributed by atoms with Gasteiger partial charge in [0.15, 0.2) is 0 Å². The average molecular weight is 262 g/mol. The summed E-state index contributed by atoms with van der Waals surface area (Å²) in [4.78, 5) is 0. The van der Waals surface area contributed by atoms with Crippen LogP contribution in [0.4, 0.5) is 0 Å². The Morgan fingerprint density at radius 2 is 1.91 bits per heavy atom. The molecule has 60 valence electrons. The molecule has 1 aromatic rings. The molecule has 0 aliphatic rings. The second kappa shape index (κ2) is 3.43. The summed E-state index contributed by atoms with van der Waals surface area (Å²) in [7, 11) is 1.70. The third-order valence-corrected chi connectivity index (χ3v) is 3.18. The van der Waals surface area contributed by atoms with E-state index in [0.717, 1.165) is 5.75 Å². The Kier molecular flexibility index (Phi) is 2.76. The number of rotatable bonds is 1. The van der Waals surface area contributed by atoms with Crippen LogP contribution in [0, 0.1) is 17.4 Å². The van der Waals surface area contributed by atoms with E-state index in [9.17, 15) is 0 Å². The molecule has 0 aromatic heterocycles. The van der Waals surface area contributed by atoms with Gasteiger partial charge in [0.05, 0.1) is 10.7 Å². The zero-order chi connectivity index (χ0) is 8.43. The summed E-state index contributed by atoms with van der Waals surface area (Å²) >= 11 is 2.31. The van der Waals surface area contributed by atoms with Crippen LogP contribution in [-0.2, 0) is 0 Å². The average Bonchev–Trinajstić information content (AvgIpc) is 2.01. The lowest BCUT2D eigenvalue weighted by molar-refractivity contribution is 0.411. The molecule has 0 saturated heterocycles. The number of halogens is 1. The molecule has 1 nitrogen and oxygen atoms in total. The number of hydrogen-bond donors (Lipinski definition) is 0. The largest absolute Gasteiger partial charge is 0.496 e. The Hall–Kier alpha value is -0.250. The molecule has 2 heteroatoms. The van der Waals surface area contributed by atoms with Crippen LogP contribution in [-0.4, -0.2) is 7.11 Å². The SMILES string of the molecule is COc1ccc(C)c(C)c1I. The smallest absolute Gasteiger partial charge is 0.132 e. The Morgan fingerprint density at radius 1 is 1.27 bits per heavy atom. The third-order valence-electron chi connectivity index (χ3n) is 1.84. The standard InChI is InChI=1S/C9H11IO/c1-6-4-5-8(11-3)9(10)7(6)2/h4-5H,1-3H3. The molecule has 0 unspecified atom stereocenters. The molecule has 0 fully saturated rings. The van der Waals surface area contributed by atoms with Gasteiger partial charge >= 0.3 is 0 Å². The van der Waals surface area contributed by atoms with Gasteiger partial charge in [-0.25, -0.2) is 0 Å². The van der Waals surface area contributed by atoms with Crippen LogP contribution in [0.15, 0.2) is 12.1 Å². The quantitative estimate of drug-likeness (QED) is 0.707. The van der Waals surface area contributed by atoms with E-state index in [4.69, 9.17) is 4.74 Å². The summed E-state index contributed by atoms with van der Waals surface area (Å²) in [5, 5.41) is 0. The van der Waals surface area contributed by atoms with Crippen molar-refractivity contribution >= 4 is 22.6 Å². The lowest BCUT2D eigenvalue weighted by Crippen LogP contribution is -1.91. The van der Waals surface area contributed by atoms with Crippen molar-refractivity contribution in [3.63, 3.8) is 0 Å². The minimum atomic E-state index is 0.966. The van der Waals surface area contributed by atoms with E-state index in [1.807, 2.05) is 6.07 Å². The van der Waals surface area contributed by atoms with Gasteiger partial charge in [0, 0.05) is 0 Å². The molecule has 0 radical (unpaired) electrons. The van der Waals surface area contributed by atoms with Crippen LogP contribution in [0.2, 0.25) is 0 Å². The van der Waals surface area contributed by atoms with E-state index in [2.05, 4.69) is 42.5 Å². The first-order valence-corrected chi connectivity index (χ1v) is 4.54. The second-order valence-corrected chi connectivity index (χ2v) is 3.60. The van der Waals surface area contributed by atoms with Crippen molar-refractivity contribution in [3.05, 3.63) is 26.8 Å². The van der Waals surface area contributed by atoms with Gasteiger partial charge in [-0.2, -0.15) is 0 Å². The maximum atomic E-state index is 5.17. The molecule has 1 aromatic carbocycles. The lowest BCUT2D eigenvalue weighted by Gasteiger charge is -2.07. The van der Waals surface area contributed by atoms with Gasteiger partial charge < -0.3 is 4.74 Å². The van der Waals surface area contributed by atoms with E-state index in [-0.39, 0.29) is 0 Å². The molecule has 0 bridgehead atoms. The van der Waals surface area contributed by atoms with Crippen molar-refractivity contribution in [3.8, 4) is 5.75 Å². The predicted octanol–water partition coefficient (Wildman–Crippen LogP) is 2.92. The Labute approximate surface area is 80.9 Å². The monoisotopic (exact) mass is 262 g/mol. The van der Waals surface area contributed by atoms with Gasteiger partial charge in [-0.15, -0.1) is 0 Å². The molecule has 11 heavy (non-hydrogen) atoms. The van der Waals surface area contributed by atoms with Crippen LogP contribution in [0.5, 0.6) is 5.75 Å². The number of ether oxygens (including phenoxy) is 1. The normalized spacial score (nSPS) is 9.82. The maximum absolute atomic E-state index is 5.17. The summed E-state index contributed by atoms with van der Waals surface area (Å²) in [6.45, 7) is 4.22. The highest BCUT2D eigenvalue weighted by atomic mass is 127. The van der Waals surface area contributed by atoms with Crippen LogP contribution in [0.3, 0.4) is 0 Å². The Morgan fingerprint density at radius 3 is 2.45 bits per heavy atom. The molecule has 0 spiro atoms. The molecule has 0 aliphatic carbocycles. The van der Waals surface area contributed by atoms with Crippen LogP contribution >= 0.6 is 22.6 Å². The van der Waals surface area contributed by atoms with Crippen LogP contribution < -0.4 is 4.74 Å². The van der Waals surface area contributed by atoms with E-state index >= 15 is 0 Å².